The molecule has 0 aliphatic carbocycles. The molecule has 0 saturated carbocycles. The number of esters is 1. The predicted octanol–water partition coefficient (Wildman–Crippen LogP) is 1.46. The zero-order valence-corrected chi connectivity index (χ0v) is 8.39. The van der Waals surface area contributed by atoms with Gasteiger partial charge in [-0.15, -0.1) is 0 Å². The Morgan fingerprint density at radius 3 is 2.33 bits per heavy atom. The van der Waals surface area contributed by atoms with E-state index in [4.69, 9.17) is 10.5 Å². The first-order chi connectivity index (χ1) is 5.37. The van der Waals surface area contributed by atoms with E-state index in [-0.39, 0.29) is 5.97 Å². The normalized spacial score (nSPS) is 14.1. The molecule has 0 aliphatic rings. The van der Waals surface area contributed by atoms with Crippen molar-refractivity contribution in [3.63, 3.8) is 0 Å². The van der Waals surface area contributed by atoms with Gasteiger partial charge in [0.25, 0.3) is 0 Å². The Labute approximate surface area is 74.3 Å². The Kier molecular flexibility index (Phi) is 4.24. The summed E-state index contributed by atoms with van der Waals surface area (Å²) in [6.07, 6.45) is 1.59. The van der Waals surface area contributed by atoms with E-state index >= 15 is 0 Å². The zero-order valence-electron chi connectivity index (χ0n) is 8.39. The van der Waals surface area contributed by atoms with Gasteiger partial charge in [-0.05, 0) is 27.2 Å². The van der Waals surface area contributed by atoms with E-state index in [1.165, 1.54) is 0 Å². The number of carbonyl (C=O) groups excluding carboxylic acids is 1. The second-order valence-corrected chi connectivity index (χ2v) is 3.93. The van der Waals surface area contributed by atoms with Gasteiger partial charge >= 0.3 is 5.97 Å². The highest BCUT2D eigenvalue weighted by Crippen LogP contribution is 2.09. The van der Waals surface area contributed by atoms with Crippen LogP contribution in [0.15, 0.2) is 0 Å². The fourth-order valence-electron chi connectivity index (χ4n) is 0.806. The van der Waals surface area contributed by atoms with Crippen LogP contribution in [0.1, 0.15) is 40.5 Å². The van der Waals surface area contributed by atoms with Crippen LogP contribution in [0.25, 0.3) is 0 Å². The second kappa shape index (κ2) is 4.45. The summed E-state index contributed by atoms with van der Waals surface area (Å²) < 4.78 is 5.09. The van der Waals surface area contributed by atoms with Crippen molar-refractivity contribution >= 4 is 5.97 Å². The third-order valence-corrected chi connectivity index (χ3v) is 1.31. The molecule has 0 aromatic carbocycles. The smallest absolute Gasteiger partial charge is 0.323 e. The Morgan fingerprint density at radius 1 is 1.50 bits per heavy atom. The van der Waals surface area contributed by atoms with E-state index in [2.05, 4.69) is 0 Å². The maximum absolute atomic E-state index is 11.2. The molecule has 2 N–H and O–H groups in total. The molecule has 3 heteroatoms. The molecule has 0 bridgehead atoms. The fraction of sp³-hybridized carbons (Fsp3) is 0.889. The number of ether oxygens (including phenoxy) is 1. The molecule has 0 aromatic heterocycles. The molecule has 0 spiro atoms. The van der Waals surface area contributed by atoms with Crippen LogP contribution in [0.4, 0.5) is 0 Å². The molecule has 12 heavy (non-hydrogen) atoms. The number of hydrogen-bond acceptors (Lipinski definition) is 3. The van der Waals surface area contributed by atoms with Crippen molar-refractivity contribution in [1.82, 2.24) is 0 Å². The van der Waals surface area contributed by atoms with Crippen LogP contribution in [0, 0.1) is 0 Å². The molecule has 0 aliphatic heterocycles. The maximum Gasteiger partial charge on any atom is 0.323 e. The summed E-state index contributed by atoms with van der Waals surface area (Å²) in [5.74, 6) is -0.302. The quantitative estimate of drug-likeness (QED) is 0.657. The molecule has 1 atom stereocenters. The van der Waals surface area contributed by atoms with E-state index in [9.17, 15) is 4.79 Å². The van der Waals surface area contributed by atoms with Crippen molar-refractivity contribution in [2.75, 3.05) is 0 Å². The summed E-state index contributed by atoms with van der Waals surface area (Å²) in [6.45, 7) is 7.50. The lowest BCUT2D eigenvalue weighted by Gasteiger charge is -2.21. The Balaban J connectivity index is 3.87. The van der Waals surface area contributed by atoms with Gasteiger partial charge in [-0.3, -0.25) is 4.79 Å². The minimum Gasteiger partial charge on any atom is -0.459 e. The van der Waals surface area contributed by atoms with E-state index in [1.807, 2.05) is 27.7 Å². The molecular formula is C9H19NO2. The minimum absolute atomic E-state index is 0.302. The summed E-state index contributed by atoms with van der Waals surface area (Å²) >= 11 is 0. The molecule has 0 heterocycles. The Morgan fingerprint density at radius 2 is 2.00 bits per heavy atom. The van der Waals surface area contributed by atoms with Crippen LogP contribution in [0.2, 0.25) is 0 Å². The first kappa shape index (κ1) is 11.4. The van der Waals surface area contributed by atoms with E-state index in [1.54, 1.807) is 0 Å². The Hall–Kier alpha value is -0.570. The van der Waals surface area contributed by atoms with Crippen molar-refractivity contribution in [3.05, 3.63) is 0 Å². The van der Waals surface area contributed by atoms with Gasteiger partial charge in [0, 0.05) is 0 Å². The lowest BCUT2D eigenvalue weighted by atomic mass is 10.1. The minimum atomic E-state index is -0.464. The van der Waals surface area contributed by atoms with Crippen LogP contribution in [0.3, 0.4) is 0 Å². The highest BCUT2D eigenvalue weighted by molar-refractivity contribution is 5.75. The topological polar surface area (TPSA) is 52.3 Å². The predicted molar refractivity (Wildman–Crippen MR) is 48.7 cm³/mol. The standard InChI is InChI=1S/C9H19NO2/c1-5-6-7(10)8(11)12-9(2,3)4/h7H,5-6,10H2,1-4H3. The van der Waals surface area contributed by atoms with Gasteiger partial charge in [0.05, 0.1) is 0 Å². The molecule has 0 saturated heterocycles. The van der Waals surface area contributed by atoms with E-state index in [0.717, 1.165) is 6.42 Å². The van der Waals surface area contributed by atoms with Crippen LogP contribution < -0.4 is 5.73 Å². The Bertz CT molecular complexity index is 149. The summed E-state index contributed by atoms with van der Waals surface area (Å²) in [6, 6.07) is -0.464. The van der Waals surface area contributed by atoms with Gasteiger partial charge in [-0.1, -0.05) is 13.3 Å². The van der Waals surface area contributed by atoms with Crippen LogP contribution >= 0.6 is 0 Å². The molecule has 72 valence electrons. The van der Waals surface area contributed by atoms with E-state index in [0.29, 0.717) is 6.42 Å². The number of nitrogens with two attached hydrogens (primary N) is 1. The summed E-state index contributed by atoms with van der Waals surface area (Å²) in [4.78, 5) is 11.2. The molecule has 3 nitrogen and oxygen atoms in total. The molecule has 0 amide bonds. The first-order valence-electron chi connectivity index (χ1n) is 4.35. The van der Waals surface area contributed by atoms with Gasteiger partial charge in [-0.25, -0.2) is 0 Å². The van der Waals surface area contributed by atoms with Crippen molar-refractivity contribution in [3.8, 4) is 0 Å². The van der Waals surface area contributed by atoms with Gasteiger partial charge < -0.3 is 10.5 Å². The first-order valence-corrected chi connectivity index (χ1v) is 4.35. The highest BCUT2D eigenvalue weighted by atomic mass is 16.6. The van der Waals surface area contributed by atoms with Crippen molar-refractivity contribution in [2.45, 2.75) is 52.2 Å². The van der Waals surface area contributed by atoms with Crippen molar-refractivity contribution < 1.29 is 9.53 Å². The fourth-order valence-corrected chi connectivity index (χ4v) is 0.806. The van der Waals surface area contributed by atoms with Gasteiger partial charge in [0.2, 0.25) is 0 Å². The molecule has 1 unspecified atom stereocenters. The molecule has 0 rings (SSSR count). The molecular weight excluding hydrogens is 154 g/mol. The average molecular weight is 173 g/mol. The van der Waals surface area contributed by atoms with Gasteiger partial charge in [0.15, 0.2) is 0 Å². The zero-order chi connectivity index (χ0) is 9.78. The lowest BCUT2D eigenvalue weighted by Crippen LogP contribution is -2.37. The van der Waals surface area contributed by atoms with Crippen LogP contribution in [-0.4, -0.2) is 17.6 Å². The molecule has 0 aromatic rings. The highest BCUT2D eigenvalue weighted by Gasteiger charge is 2.20. The number of hydrogen-bond donors (Lipinski definition) is 1. The van der Waals surface area contributed by atoms with Gasteiger partial charge in [-0.2, -0.15) is 0 Å². The number of carbonyl (C=O) groups is 1. The van der Waals surface area contributed by atoms with Crippen molar-refractivity contribution in [2.24, 2.45) is 5.73 Å². The summed E-state index contributed by atoms with van der Waals surface area (Å²) in [5, 5.41) is 0. The SMILES string of the molecule is CCCC(N)C(=O)OC(C)(C)C. The van der Waals surface area contributed by atoms with E-state index < -0.39 is 11.6 Å². The summed E-state index contributed by atoms with van der Waals surface area (Å²) in [7, 11) is 0. The second-order valence-electron chi connectivity index (χ2n) is 3.93. The third-order valence-electron chi connectivity index (χ3n) is 1.31. The monoisotopic (exact) mass is 173 g/mol. The third kappa shape index (κ3) is 5.13. The van der Waals surface area contributed by atoms with Crippen LogP contribution in [0.5, 0.6) is 0 Å². The number of rotatable bonds is 3. The van der Waals surface area contributed by atoms with Crippen molar-refractivity contribution in [1.29, 1.82) is 0 Å². The maximum atomic E-state index is 11.2. The molecule has 0 fully saturated rings. The van der Waals surface area contributed by atoms with Crippen LogP contribution in [-0.2, 0) is 9.53 Å². The summed E-state index contributed by atoms with van der Waals surface area (Å²) in [5.41, 5.74) is 5.13. The lowest BCUT2D eigenvalue weighted by molar-refractivity contribution is -0.156. The largest absolute Gasteiger partial charge is 0.459 e. The average Bonchev–Trinajstić information content (AvgIpc) is 1.84. The molecule has 0 radical (unpaired) electrons. The van der Waals surface area contributed by atoms with Gasteiger partial charge in [0.1, 0.15) is 11.6 Å².